The van der Waals surface area contributed by atoms with E-state index in [1.165, 1.54) is 29.1 Å². The number of H-pyrrole nitrogens is 1. The number of aromatic nitrogens is 1. The second-order valence-electron chi connectivity index (χ2n) is 7.89. The molecule has 2 fully saturated rings. The molecule has 1 aromatic rings. The van der Waals surface area contributed by atoms with E-state index in [1.54, 1.807) is 0 Å². The standard InChI is InChI=1S/C19H26N4O/c24-18(13-3-1-4-13)23-9-6-19(7-10-23)12-20-11-15-16(19)14-5-2-8-21-17(14)22-15/h2,5,13,20-22H,1,3-4,6-12H2. The molecule has 5 heteroatoms. The molecule has 0 aromatic carbocycles. The fraction of sp³-hybridized carbons (Fsp3) is 0.632. The van der Waals surface area contributed by atoms with Gasteiger partial charge in [0.1, 0.15) is 5.82 Å². The summed E-state index contributed by atoms with van der Waals surface area (Å²) in [7, 11) is 0. The van der Waals surface area contributed by atoms with E-state index in [2.05, 4.69) is 32.7 Å². The van der Waals surface area contributed by atoms with Crippen molar-refractivity contribution >= 4 is 17.8 Å². The molecule has 1 saturated heterocycles. The predicted octanol–water partition coefficient (Wildman–Crippen LogP) is 2.22. The van der Waals surface area contributed by atoms with Crippen LogP contribution in [0.2, 0.25) is 0 Å². The Hall–Kier alpha value is -1.75. The Morgan fingerprint density at radius 1 is 1.25 bits per heavy atom. The van der Waals surface area contributed by atoms with Crippen molar-refractivity contribution in [3.63, 3.8) is 0 Å². The van der Waals surface area contributed by atoms with Gasteiger partial charge in [0.25, 0.3) is 0 Å². The molecule has 1 amide bonds. The molecule has 0 atom stereocenters. The molecule has 1 aliphatic carbocycles. The average Bonchev–Trinajstić information content (AvgIpc) is 2.94. The molecule has 0 radical (unpaired) electrons. The van der Waals surface area contributed by atoms with Crippen LogP contribution in [0.5, 0.6) is 0 Å². The summed E-state index contributed by atoms with van der Waals surface area (Å²) in [6.07, 6.45) is 10.1. The van der Waals surface area contributed by atoms with Crippen LogP contribution < -0.4 is 10.6 Å². The number of hydrogen-bond donors (Lipinski definition) is 3. The highest BCUT2D eigenvalue weighted by molar-refractivity contribution is 5.80. The number of aromatic amines is 1. The minimum Gasteiger partial charge on any atom is -0.368 e. The molecule has 3 aliphatic heterocycles. The summed E-state index contributed by atoms with van der Waals surface area (Å²) in [4.78, 5) is 18.3. The molecule has 0 bridgehead atoms. The molecule has 128 valence electrons. The van der Waals surface area contributed by atoms with E-state index in [-0.39, 0.29) is 5.41 Å². The lowest BCUT2D eigenvalue weighted by molar-refractivity contribution is -0.139. The fourth-order valence-corrected chi connectivity index (χ4v) is 4.96. The number of carbonyl (C=O) groups excluding carboxylic acids is 1. The number of nitrogens with one attached hydrogen (secondary N) is 3. The van der Waals surface area contributed by atoms with Crippen LogP contribution in [0.4, 0.5) is 5.82 Å². The van der Waals surface area contributed by atoms with Crippen LogP contribution in [0.25, 0.3) is 6.08 Å². The molecule has 1 spiro atoms. The third kappa shape index (κ3) is 2.07. The lowest BCUT2D eigenvalue weighted by Crippen LogP contribution is -2.53. The normalized spacial score (nSPS) is 24.9. The van der Waals surface area contributed by atoms with Crippen molar-refractivity contribution in [3.8, 4) is 0 Å². The first kappa shape index (κ1) is 14.6. The number of rotatable bonds is 1. The van der Waals surface area contributed by atoms with Crippen LogP contribution >= 0.6 is 0 Å². The van der Waals surface area contributed by atoms with E-state index < -0.39 is 0 Å². The summed E-state index contributed by atoms with van der Waals surface area (Å²) in [6.45, 7) is 4.67. The summed E-state index contributed by atoms with van der Waals surface area (Å²) < 4.78 is 0. The van der Waals surface area contributed by atoms with Crippen LogP contribution in [-0.4, -0.2) is 42.0 Å². The van der Waals surface area contributed by atoms with Crippen molar-refractivity contribution in [2.75, 3.05) is 31.5 Å². The van der Waals surface area contributed by atoms with Gasteiger partial charge in [0.05, 0.1) is 0 Å². The number of anilines is 1. The minimum absolute atomic E-state index is 0.178. The molecular formula is C19H26N4O. The number of fused-ring (bicyclic) bond motifs is 4. The van der Waals surface area contributed by atoms with Crippen LogP contribution in [0.15, 0.2) is 6.08 Å². The van der Waals surface area contributed by atoms with Gasteiger partial charge in [-0.15, -0.1) is 0 Å². The monoisotopic (exact) mass is 326 g/mol. The van der Waals surface area contributed by atoms with E-state index in [0.29, 0.717) is 11.8 Å². The predicted molar refractivity (Wildman–Crippen MR) is 94.9 cm³/mol. The van der Waals surface area contributed by atoms with Crippen molar-refractivity contribution in [1.29, 1.82) is 0 Å². The Labute approximate surface area is 142 Å². The molecule has 0 unspecified atom stereocenters. The van der Waals surface area contributed by atoms with E-state index in [0.717, 1.165) is 58.4 Å². The van der Waals surface area contributed by atoms with Crippen LogP contribution in [0, 0.1) is 5.92 Å². The number of likely N-dealkylation sites (tertiary alicyclic amines) is 1. The molecule has 24 heavy (non-hydrogen) atoms. The van der Waals surface area contributed by atoms with Gasteiger partial charge in [-0.1, -0.05) is 18.6 Å². The maximum atomic E-state index is 12.6. The van der Waals surface area contributed by atoms with E-state index >= 15 is 0 Å². The van der Waals surface area contributed by atoms with Gasteiger partial charge in [0.2, 0.25) is 5.91 Å². The van der Waals surface area contributed by atoms with Crippen molar-refractivity contribution in [2.24, 2.45) is 5.92 Å². The first-order valence-electron chi connectivity index (χ1n) is 9.42. The van der Waals surface area contributed by atoms with Gasteiger partial charge in [-0.25, -0.2) is 0 Å². The van der Waals surface area contributed by atoms with Gasteiger partial charge in [-0.05, 0) is 31.2 Å². The highest BCUT2D eigenvalue weighted by Gasteiger charge is 2.44. The first-order chi connectivity index (χ1) is 11.8. The van der Waals surface area contributed by atoms with Crippen molar-refractivity contribution in [3.05, 3.63) is 22.9 Å². The summed E-state index contributed by atoms with van der Waals surface area (Å²) >= 11 is 0. The van der Waals surface area contributed by atoms with Gasteiger partial charge in [-0.2, -0.15) is 0 Å². The Bertz CT molecular complexity index is 692. The number of amides is 1. The van der Waals surface area contributed by atoms with Crippen molar-refractivity contribution < 1.29 is 4.79 Å². The Morgan fingerprint density at radius 2 is 2.08 bits per heavy atom. The average molecular weight is 326 g/mol. The summed E-state index contributed by atoms with van der Waals surface area (Å²) in [5, 5.41) is 7.08. The lowest BCUT2D eigenvalue weighted by Gasteiger charge is -2.46. The molecule has 5 nitrogen and oxygen atoms in total. The highest BCUT2D eigenvalue weighted by Crippen LogP contribution is 2.45. The second-order valence-corrected chi connectivity index (χ2v) is 7.89. The van der Waals surface area contributed by atoms with Gasteiger partial charge >= 0.3 is 0 Å². The summed E-state index contributed by atoms with van der Waals surface area (Å²) in [5.74, 6) is 1.92. The number of hydrogen-bond acceptors (Lipinski definition) is 3. The highest BCUT2D eigenvalue weighted by atomic mass is 16.2. The molecule has 5 rings (SSSR count). The van der Waals surface area contributed by atoms with Gasteiger partial charge in [0.15, 0.2) is 0 Å². The molecule has 1 aromatic heterocycles. The van der Waals surface area contributed by atoms with E-state index in [9.17, 15) is 4.79 Å². The molecule has 3 N–H and O–H groups in total. The van der Waals surface area contributed by atoms with Crippen molar-refractivity contribution in [1.82, 2.24) is 15.2 Å². The number of nitrogens with zero attached hydrogens (tertiary/aromatic N) is 1. The Balaban J connectivity index is 1.42. The zero-order valence-corrected chi connectivity index (χ0v) is 14.2. The van der Waals surface area contributed by atoms with Gasteiger partial charge < -0.3 is 20.5 Å². The molecule has 1 saturated carbocycles. The third-order valence-electron chi connectivity index (χ3n) is 6.58. The SMILES string of the molecule is O=C(C1CCC1)N1CCC2(CC1)CNCc1[nH]c3c(c12)C=CCN3. The van der Waals surface area contributed by atoms with E-state index in [4.69, 9.17) is 0 Å². The number of piperidine rings is 1. The molecule has 4 aliphatic rings. The Morgan fingerprint density at radius 3 is 2.83 bits per heavy atom. The summed E-state index contributed by atoms with van der Waals surface area (Å²) in [5.41, 5.74) is 4.38. The Kier molecular flexibility index (Phi) is 3.27. The topological polar surface area (TPSA) is 60.2 Å². The second kappa shape index (κ2) is 5.38. The quantitative estimate of drug-likeness (QED) is 0.742. The lowest BCUT2D eigenvalue weighted by atomic mass is 9.69. The zero-order chi connectivity index (χ0) is 16.1. The summed E-state index contributed by atoms with van der Waals surface area (Å²) in [6, 6.07) is 0. The first-order valence-corrected chi connectivity index (χ1v) is 9.42. The molecular weight excluding hydrogens is 300 g/mol. The largest absolute Gasteiger partial charge is 0.368 e. The smallest absolute Gasteiger partial charge is 0.225 e. The maximum absolute atomic E-state index is 12.6. The van der Waals surface area contributed by atoms with E-state index in [1.807, 2.05) is 0 Å². The van der Waals surface area contributed by atoms with Crippen LogP contribution in [0.3, 0.4) is 0 Å². The van der Waals surface area contributed by atoms with Crippen LogP contribution in [-0.2, 0) is 16.8 Å². The zero-order valence-electron chi connectivity index (χ0n) is 14.2. The third-order valence-corrected chi connectivity index (χ3v) is 6.58. The van der Waals surface area contributed by atoms with Gasteiger partial charge in [-0.3, -0.25) is 4.79 Å². The fourth-order valence-electron chi connectivity index (χ4n) is 4.96. The van der Waals surface area contributed by atoms with Crippen molar-refractivity contribution in [2.45, 2.75) is 44.1 Å². The minimum atomic E-state index is 0.178. The van der Waals surface area contributed by atoms with Gasteiger partial charge in [0, 0.05) is 55.3 Å². The van der Waals surface area contributed by atoms with Crippen LogP contribution in [0.1, 0.15) is 48.9 Å². The number of carbonyl (C=O) groups is 1. The maximum Gasteiger partial charge on any atom is 0.225 e. The molecule has 4 heterocycles.